The number of aryl methyl sites for hydroxylation is 1. The molecule has 0 bridgehead atoms. The number of aromatic nitrogens is 3. The van der Waals surface area contributed by atoms with E-state index in [0.29, 0.717) is 86.5 Å². The number of ether oxygens (including phenoxy) is 4. The molecule has 3 aliphatic rings. The minimum atomic E-state index is -0.327. The Labute approximate surface area is 253 Å². The van der Waals surface area contributed by atoms with Crippen LogP contribution in [0.3, 0.4) is 0 Å². The zero-order chi connectivity index (χ0) is 29.8. The second-order valence-corrected chi connectivity index (χ2v) is 11.2. The van der Waals surface area contributed by atoms with Crippen molar-refractivity contribution in [3.05, 3.63) is 64.1 Å². The zero-order valence-electron chi connectivity index (χ0n) is 24.0. The van der Waals surface area contributed by atoms with Gasteiger partial charge in [-0.2, -0.15) is 15.0 Å². The SMILES string of the molecule is COc1cc(/C=C2\SC(=O)N(Cc3cccc(C)c3)C2=O)ccc1Oc1nc(N2CCOCC2)nc(N2CCOCC2)n1. The molecule has 0 aliphatic carbocycles. The van der Waals surface area contributed by atoms with E-state index >= 15 is 0 Å². The van der Waals surface area contributed by atoms with Gasteiger partial charge in [-0.05, 0) is 48.0 Å². The van der Waals surface area contributed by atoms with Gasteiger partial charge in [0.2, 0.25) is 11.9 Å². The molecule has 0 unspecified atom stereocenters. The highest BCUT2D eigenvalue weighted by Gasteiger charge is 2.35. The van der Waals surface area contributed by atoms with E-state index < -0.39 is 0 Å². The molecular formula is C30H32N6O6S. The van der Waals surface area contributed by atoms with Gasteiger partial charge < -0.3 is 28.7 Å². The molecule has 12 nitrogen and oxygen atoms in total. The number of thioether (sulfide) groups is 1. The molecule has 0 N–H and O–H groups in total. The van der Waals surface area contributed by atoms with Crippen LogP contribution in [-0.2, 0) is 20.8 Å². The van der Waals surface area contributed by atoms with Gasteiger partial charge in [0.15, 0.2) is 11.5 Å². The van der Waals surface area contributed by atoms with Crippen LogP contribution >= 0.6 is 11.8 Å². The van der Waals surface area contributed by atoms with Crippen LogP contribution in [-0.4, -0.2) is 90.7 Å². The summed E-state index contributed by atoms with van der Waals surface area (Å²) in [5.74, 6) is 1.54. The minimum absolute atomic E-state index is 0.140. The molecule has 0 saturated carbocycles. The summed E-state index contributed by atoms with van der Waals surface area (Å²) in [6, 6.07) is 13.2. The predicted molar refractivity (Wildman–Crippen MR) is 162 cm³/mol. The van der Waals surface area contributed by atoms with Gasteiger partial charge in [-0.3, -0.25) is 14.5 Å². The fraction of sp³-hybridized carbons (Fsp3) is 0.367. The third kappa shape index (κ3) is 6.74. The van der Waals surface area contributed by atoms with Crippen molar-refractivity contribution in [2.45, 2.75) is 13.5 Å². The first-order valence-corrected chi connectivity index (χ1v) is 14.9. The van der Waals surface area contributed by atoms with Crippen molar-refractivity contribution in [1.29, 1.82) is 0 Å². The third-order valence-electron chi connectivity index (χ3n) is 7.16. The molecule has 2 aromatic carbocycles. The summed E-state index contributed by atoms with van der Waals surface area (Å²) in [4.78, 5) is 45.4. The van der Waals surface area contributed by atoms with Crippen LogP contribution in [0.1, 0.15) is 16.7 Å². The molecule has 0 radical (unpaired) electrons. The highest BCUT2D eigenvalue weighted by Crippen LogP contribution is 2.36. The minimum Gasteiger partial charge on any atom is -0.493 e. The van der Waals surface area contributed by atoms with Crippen molar-refractivity contribution in [1.82, 2.24) is 19.9 Å². The van der Waals surface area contributed by atoms with Crippen molar-refractivity contribution in [2.24, 2.45) is 0 Å². The fourth-order valence-electron chi connectivity index (χ4n) is 4.93. The first kappa shape index (κ1) is 28.9. The molecule has 3 saturated heterocycles. The van der Waals surface area contributed by atoms with E-state index in [0.717, 1.165) is 22.9 Å². The Hall–Kier alpha value is -4.20. The number of hydrogen-bond donors (Lipinski definition) is 0. The average molecular weight is 605 g/mol. The van der Waals surface area contributed by atoms with Gasteiger partial charge in [-0.25, -0.2) is 0 Å². The van der Waals surface area contributed by atoms with Gasteiger partial charge in [0.25, 0.3) is 11.1 Å². The van der Waals surface area contributed by atoms with Crippen molar-refractivity contribution < 1.29 is 28.5 Å². The smallest absolute Gasteiger partial charge is 0.328 e. The number of hydrogen-bond acceptors (Lipinski definition) is 12. The second kappa shape index (κ2) is 13.0. The van der Waals surface area contributed by atoms with Crippen LogP contribution < -0.4 is 19.3 Å². The van der Waals surface area contributed by atoms with Crippen molar-refractivity contribution >= 4 is 40.9 Å². The number of nitrogens with zero attached hydrogens (tertiary/aromatic N) is 6. The topological polar surface area (TPSA) is 119 Å². The summed E-state index contributed by atoms with van der Waals surface area (Å²) in [6.45, 7) is 7.24. The number of morpholine rings is 2. The Kier molecular flexibility index (Phi) is 8.72. The van der Waals surface area contributed by atoms with Gasteiger partial charge in [0, 0.05) is 26.2 Å². The number of rotatable bonds is 8. The van der Waals surface area contributed by atoms with Gasteiger partial charge in [0.1, 0.15) is 0 Å². The van der Waals surface area contributed by atoms with E-state index in [1.165, 1.54) is 12.0 Å². The Morgan fingerprint density at radius 1 is 0.884 bits per heavy atom. The lowest BCUT2D eigenvalue weighted by atomic mass is 10.1. The molecular weight excluding hydrogens is 572 g/mol. The van der Waals surface area contributed by atoms with Crippen LogP contribution in [0.15, 0.2) is 47.4 Å². The maximum absolute atomic E-state index is 13.1. The lowest BCUT2D eigenvalue weighted by Gasteiger charge is -2.30. The maximum Gasteiger partial charge on any atom is 0.328 e. The second-order valence-electron chi connectivity index (χ2n) is 10.2. The quantitative estimate of drug-likeness (QED) is 0.347. The molecule has 1 aromatic heterocycles. The largest absolute Gasteiger partial charge is 0.493 e. The fourth-order valence-corrected chi connectivity index (χ4v) is 5.77. The maximum atomic E-state index is 13.1. The molecule has 0 atom stereocenters. The Morgan fingerprint density at radius 2 is 1.56 bits per heavy atom. The Bertz CT molecular complexity index is 1500. The van der Waals surface area contributed by atoms with Crippen LogP contribution in [0.2, 0.25) is 0 Å². The Morgan fingerprint density at radius 3 is 2.19 bits per heavy atom. The third-order valence-corrected chi connectivity index (χ3v) is 8.07. The van der Waals surface area contributed by atoms with Crippen LogP contribution in [0.5, 0.6) is 17.5 Å². The summed E-state index contributed by atoms with van der Waals surface area (Å²) >= 11 is 0.923. The first-order valence-electron chi connectivity index (χ1n) is 14.0. The standard InChI is InChI=1S/C30H32N6O6S/c1-20-4-3-5-22(16-20)19-36-26(37)25(43-30(36)38)18-21-6-7-23(24(17-21)39-2)42-29-32-27(34-8-12-40-13-9-34)31-28(33-29)35-10-14-41-15-11-35/h3-7,16-18H,8-15,19H2,1-2H3/b25-18-. The lowest BCUT2D eigenvalue weighted by Crippen LogP contribution is -2.40. The van der Waals surface area contributed by atoms with Gasteiger partial charge in [0.05, 0.1) is 45.0 Å². The molecule has 3 aliphatic heterocycles. The summed E-state index contributed by atoms with van der Waals surface area (Å²) in [6.07, 6.45) is 1.68. The van der Waals surface area contributed by atoms with Crippen LogP contribution in [0.25, 0.3) is 6.08 Å². The molecule has 4 heterocycles. The Balaban J connectivity index is 1.23. The zero-order valence-corrected chi connectivity index (χ0v) is 24.8. The highest BCUT2D eigenvalue weighted by molar-refractivity contribution is 8.18. The predicted octanol–water partition coefficient (Wildman–Crippen LogP) is 3.89. The van der Waals surface area contributed by atoms with Crippen molar-refractivity contribution in [3.63, 3.8) is 0 Å². The summed E-state index contributed by atoms with van der Waals surface area (Å²) in [5, 5.41) is -0.299. The summed E-state index contributed by atoms with van der Waals surface area (Å²) in [5.41, 5.74) is 2.66. The first-order chi connectivity index (χ1) is 21.0. The summed E-state index contributed by atoms with van der Waals surface area (Å²) in [7, 11) is 1.54. The van der Waals surface area contributed by atoms with E-state index in [4.69, 9.17) is 23.9 Å². The van der Waals surface area contributed by atoms with E-state index in [1.807, 2.05) is 41.0 Å². The molecule has 6 rings (SSSR count). The van der Waals surface area contributed by atoms with E-state index in [-0.39, 0.29) is 23.7 Å². The van der Waals surface area contributed by atoms with Gasteiger partial charge >= 0.3 is 6.01 Å². The number of carbonyl (C=O) groups excluding carboxylic acids is 2. The van der Waals surface area contributed by atoms with E-state index in [9.17, 15) is 9.59 Å². The van der Waals surface area contributed by atoms with Crippen molar-refractivity contribution in [3.8, 4) is 17.5 Å². The molecule has 3 fully saturated rings. The number of benzene rings is 2. The van der Waals surface area contributed by atoms with Crippen LogP contribution in [0.4, 0.5) is 16.7 Å². The number of methoxy groups -OCH3 is 1. The van der Waals surface area contributed by atoms with E-state index in [1.54, 1.807) is 24.3 Å². The van der Waals surface area contributed by atoms with E-state index in [2.05, 4.69) is 9.97 Å². The summed E-state index contributed by atoms with van der Waals surface area (Å²) < 4.78 is 22.8. The molecule has 3 aromatic rings. The molecule has 224 valence electrons. The van der Waals surface area contributed by atoms with Crippen molar-refractivity contribution in [2.75, 3.05) is 69.5 Å². The average Bonchev–Trinajstić information content (AvgIpc) is 3.29. The van der Waals surface area contributed by atoms with Crippen LogP contribution in [0, 0.1) is 6.92 Å². The number of amides is 2. The van der Waals surface area contributed by atoms with Gasteiger partial charge in [-0.15, -0.1) is 0 Å². The number of anilines is 2. The monoisotopic (exact) mass is 604 g/mol. The molecule has 2 amide bonds. The molecule has 43 heavy (non-hydrogen) atoms. The number of imide groups is 1. The normalized spacial score (nSPS) is 18.5. The molecule has 0 spiro atoms. The molecule has 13 heteroatoms. The highest BCUT2D eigenvalue weighted by atomic mass is 32.2. The lowest BCUT2D eigenvalue weighted by molar-refractivity contribution is -0.123. The number of carbonyl (C=O) groups is 2. The van der Waals surface area contributed by atoms with Gasteiger partial charge in [-0.1, -0.05) is 35.9 Å².